The third-order valence-corrected chi connectivity index (χ3v) is 1.90. The van der Waals surface area contributed by atoms with Crippen LogP contribution in [0.15, 0.2) is 0 Å². The first-order valence-corrected chi connectivity index (χ1v) is 3.90. The van der Waals surface area contributed by atoms with Crippen LogP contribution >= 0.6 is 0 Å². The van der Waals surface area contributed by atoms with Crippen LogP contribution in [-0.4, -0.2) is 65.6 Å². The van der Waals surface area contributed by atoms with E-state index < -0.39 is 36.0 Å². The molecular formula is C6HF14Na. The van der Waals surface area contributed by atoms with Crippen molar-refractivity contribution in [2.75, 3.05) is 0 Å². The van der Waals surface area contributed by atoms with Crippen molar-refractivity contribution < 1.29 is 61.5 Å². The molecule has 0 aliphatic carbocycles. The van der Waals surface area contributed by atoms with E-state index in [1.165, 1.54) is 0 Å². The standard InChI is InChI=1S/C6F14.Na.H/c7-1(8,3(11,12)5(15,16)17)2(9,10)4(13,14)6(18,19)20;;. The summed E-state index contributed by atoms with van der Waals surface area (Å²) in [6.45, 7) is 0. The summed E-state index contributed by atoms with van der Waals surface area (Å²) in [6.07, 6.45) is -15.0. The van der Waals surface area contributed by atoms with Crippen molar-refractivity contribution in [1.82, 2.24) is 0 Å². The molecule has 0 aromatic heterocycles. The van der Waals surface area contributed by atoms with Gasteiger partial charge in [-0.2, -0.15) is 61.5 Å². The molecule has 0 bridgehead atoms. The van der Waals surface area contributed by atoms with E-state index in [9.17, 15) is 61.5 Å². The number of hydrogen-bond acceptors (Lipinski definition) is 0. The first-order valence-electron chi connectivity index (χ1n) is 3.90. The molecule has 124 valence electrons. The van der Waals surface area contributed by atoms with Gasteiger partial charge in [0.25, 0.3) is 0 Å². The second kappa shape index (κ2) is 5.58. The van der Waals surface area contributed by atoms with Gasteiger partial charge >= 0.3 is 65.6 Å². The number of alkyl halides is 14. The molecule has 21 heavy (non-hydrogen) atoms. The minimum atomic E-state index is -8.04. The van der Waals surface area contributed by atoms with Gasteiger partial charge in [-0.05, 0) is 0 Å². The second-order valence-corrected chi connectivity index (χ2v) is 3.29. The predicted molar refractivity (Wildman–Crippen MR) is 39.0 cm³/mol. The van der Waals surface area contributed by atoms with Gasteiger partial charge in [0, 0.05) is 0 Å². The Balaban J connectivity index is 0. The molecule has 0 aliphatic rings. The quantitative estimate of drug-likeness (QED) is 0.526. The Bertz CT molecular complexity index is 325. The average Bonchev–Trinajstić information content (AvgIpc) is 2.12. The molecule has 0 unspecified atom stereocenters. The molecule has 0 amide bonds. The summed E-state index contributed by atoms with van der Waals surface area (Å²) in [5, 5.41) is 0. The normalized spacial score (nSPS) is 15.7. The van der Waals surface area contributed by atoms with Crippen LogP contribution in [0.5, 0.6) is 0 Å². The summed E-state index contributed by atoms with van der Waals surface area (Å²) < 4.78 is 166. The van der Waals surface area contributed by atoms with Crippen molar-refractivity contribution in [1.29, 1.82) is 0 Å². The Labute approximate surface area is 127 Å². The zero-order valence-corrected chi connectivity index (χ0v) is 8.29. The molecule has 0 heterocycles. The SMILES string of the molecule is FC(F)(F)C(F)(F)C(F)(F)C(F)(F)C(F)(F)C(F)(F)F.[NaH]. The molecule has 0 N–H and O–H groups in total. The number of halogens is 14. The third kappa shape index (κ3) is 3.21. The van der Waals surface area contributed by atoms with Crippen LogP contribution in [0.25, 0.3) is 0 Å². The molecule has 15 heteroatoms. The van der Waals surface area contributed by atoms with Crippen LogP contribution in [0.3, 0.4) is 0 Å². The van der Waals surface area contributed by atoms with Crippen LogP contribution in [0.4, 0.5) is 61.5 Å². The molecule has 0 aromatic rings. The summed E-state index contributed by atoms with van der Waals surface area (Å²) >= 11 is 0. The van der Waals surface area contributed by atoms with Crippen LogP contribution in [0.1, 0.15) is 0 Å². The fraction of sp³-hybridized carbons (Fsp3) is 1.00. The van der Waals surface area contributed by atoms with E-state index in [0.29, 0.717) is 0 Å². The molecule has 0 aromatic carbocycles. The van der Waals surface area contributed by atoms with Gasteiger partial charge in [-0.25, -0.2) is 0 Å². The summed E-state index contributed by atoms with van der Waals surface area (Å²) in [5.74, 6) is -31.7. The van der Waals surface area contributed by atoms with Crippen molar-refractivity contribution in [3.05, 3.63) is 0 Å². The van der Waals surface area contributed by atoms with Gasteiger partial charge in [0.05, 0.1) is 0 Å². The van der Waals surface area contributed by atoms with Gasteiger partial charge in [0.1, 0.15) is 0 Å². The molecule has 0 spiro atoms. The Morgan fingerprint density at radius 2 is 0.429 bits per heavy atom. The van der Waals surface area contributed by atoms with Crippen molar-refractivity contribution in [3.8, 4) is 0 Å². The van der Waals surface area contributed by atoms with E-state index in [4.69, 9.17) is 0 Å². The van der Waals surface area contributed by atoms with Gasteiger partial charge in [0.2, 0.25) is 0 Å². The van der Waals surface area contributed by atoms with Crippen LogP contribution < -0.4 is 0 Å². The molecule has 0 radical (unpaired) electrons. The Hall–Kier alpha value is 0.0200. The van der Waals surface area contributed by atoms with E-state index in [1.54, 1.807) is 0 Å². The van der Waals surface area contributed by atoms with Gasteiger partial charge in [-0.3, -0.25) is 0 Å². The Morgan fingerprint density at radius 3 is 0.524 bits per heavy atom. The molecule has 0 aliphatic heterocycles. The maximum absolute atomic E-state index is 12.3. The zero-order valence-electron chi connectivity index (χ0n) is 8.29. The van der Waals surface area contributed by atoms with Gasteiger partial charge in [-0.15, -0.1) is 0 Å². The van der Waals surface area contributed by atoms with Gasteiger partial charge < -0.3 is 0 Å². The zero-order chi connectivity index (χ0) is 17.0. The third-order valence-electron chi connectivity index (χ3n) is 1.90. The fourth-order valence-corrected chi connectivity index (χ4v) is 0.750. The monoisotopic (exact) mass is 362 g/mol. The summed E-state index contributed by atoms with van der Waals surface area (Å²) in [4.78, 5) is 0. The van der Waals surface area contributed by atoms with Crippen LogP contribution in [0.2, 0.25) is 0 Å². The summed E-state index contributed by atoms with van der Waals surface area (Å²) in [7, 11) is 0. The molecule has 0 saturated carbocycles. The van der Waals surface area contributed by atoms with E-state index in [-0.39, 0.29) is 29.6 Å². The van der Waals surface area contributed by atoms with Crippen molar-refractivity contribution in [2.45, 2.75) is 36.0 Å². The Kier molecular flexibility index (Phi) is 6.19. The molecule has 0 saturated heterocycles. The molecule has 0 atom stereocenters. The average molecular weight is 362 g/mol. The maximum atomic E-state index is 12.3. The van der Waals surface area contributed by atoms with Crippen molar-refractivity contribution in [2.24, 2.45) is 0 Å². The first-order chi connectivity index (χ1) is 8.25. The molecule has 0 fully saturated rings. The first kappa shape index (κ1) is 23.3. The van der Waals surface area contributed by atoms with Gasteiger partial charge in [-0.1, -0.05) is 0 Å². The predicted octanol–water partition coefficient (Wildman–Crippen LogP) is 4.00. The van der Waals surface area contributed by atoms with Crippen molar-refractivity contribution in [3.63, 3.8) is 0 Å². The van der Waals surface area contributed by atoms with Crippen LogP contribution in [0, 0.1) is 0 Å². The van der Waals surface area contributed by atoms with Gasteiger partial charge in [0.15, 0.2) is 0 Å². The summed E-state index contributed by atoms with van der Waals surface area (Å²) in [6, 6.07) is 0. The van der Waals surface area contributed by atoms with E-state index in [2.05, 4.69) is 0 Å². The Morgan fingerprint density at radius 1 is 0.286 bits per heavy atom. The molecule has 0 nitrogen and oxygen atoms in total. The molecule has 0 rings (SSSR count). The topological polar surface area (TPSA) is 0 Å². The second-order valence-electron chi connectivity index (χ2n) is 3.29. The summed E-state index contributed by atoms with van der Waals surface area (Å²) in [5.41, 5.74) is 0. The number of hydrogen-bond donors (Lipinski definition) is 0. The van der Waals surface area contributed by atoms with E-state index in [0.717, 1.165) is 0 Å². The van der Waals surface area contributed by atoms with Crippen LogP contribution in [-0.2, 0) is 0 Å². The van der Waals surface area contributed by atoms with Crippen molar-refractivity contribution >= 4 is 29.6 Å². The minimum absolute atomic E-state index is 0. The van der Waals surface area contributed by atoms with E-state index >= 15 is 0 Å². The van der Waals surface area contributed by atoms with E-state index in [1.807, 2.05) is 0 Å². The fourth-order valence-electron chi connectivity index (χ4n) is 0.750. The molecular weight excluding hydrogens is 361 g/mol. The number of rotatable bonds is 3.